The van der Waals surface area contributed by atoms with Crippen molar-refractivity contribution in [2.45, 2.75) is 37.4 Å². The largest absolute Gasteiger partial charge is 0.379 e. The number of hydrogen-bond donors (Lipinski definition) is 2. The van der Waals surface area contributed by atoms with Crippen LogP contribution in [0.2, 0.25) is 0 Å². The molecule has 3 rings (SSSR count). The van der Waals surface area contributed by atoms with Crippen molar-refractivity contribution >= 4 is 5.91 Å². The van der Waals surface area contributed by atoms with Crippen LogP contribution in [0.25, 0.3) is 0 Å². The number of amides is 1. The van der Waals surface area contributed by atoms with Crippen LogP contribution in [0.5, 0.6) is 0 Å². The molecule has 1 aliphatic carbocycles. The van der Waals surface area contributed by atoms with E-state index in [0.717, 1.165) is 45.9 Å². The molecular formula is C14H26N4O2. The first-order chi connectivity index (χ1) is 9.72. The maximum atomic E-state index is 11.5. The number of carbonyl (C=O) groups excluding carboxylic acids is 1. The fourth-order valence-electron chi connectivity index (χ4n) is 3.24. The molecule has 0 radical (unpaired) electrons. The highest BCUT2D eigenvalue weighted by atomic mass is 16.5. The van der Waals surface area contributed by atoms with E-state index < -0.39 is 0 Å². The second kappa shape index (κ2) is 6.39. The second-order valence-electron chi connectivity index (χ2n) is 6.25. The summed E-state index contributed by atoms with van der Waals surface area (Å²) in [6, 6.07) is 0.949. The Kier molecular flexibility index (Phi) is 4.55. The highest BCUT2D eigenvalue weighted by Gasteiger charge is 2.33. The molecule has 6 nitrogen and oxygen atoms in total. The highest BCUT2D eigenvalue weighted by molar-refractivity contribution is 5.80. The number of morpholine rings is 1. The van der Waals surface area contributed by atoms with Crippen LogP contribution in [0.3, 0.4) is 0 Å². The standard InChI is InChI=1S/C14H26N4O2/c15-14(19)13(16-11-1-2-11)10-17-4-3-12(9-17)18-5-7-20-8-6-18/h11-13,16H,1-10H2,(H2,15,19). The van der Waals surface area contributed by atoms with Gasteiger partial charge >= 0.3 is 0 Å². The van der Waals surface area contributed by atoms with Crippen LogP contribution in [-0.4, -0.2) is 79.8 Å². The molecule has 6 heteroatoms. The number of hydrogen-bond acceptors (Lipinski definition) is 5. The lowest BCUT2D eigenvalue weighted by atomic mass is 10.2. The Morgan fingerprint density at radius 2 is 2.00 bits per heavy atom. The van der Waals surface area contributed by atoms with Crippen molar-refractivity contribution < 1.29 is 9.53 Å². The highest BCUT2D eigenvalue weighted by Crippen LogP contribution is 2.21. The topological polar surface area (TPSA) is 70.8 Å². The van der Waals surface area contributed by atoms with E-state index in [0.29, 0.717) is 12.1 Å². The van der Waals surface area contributed by atoms with Crippen molar-refractivity contribution in [2.75, 3.05) is 45.9 Å². The van der Waals surface area contributed by atoms with E-state index in [1.807, 2.05) is 0 Å². The van der Waals surface area contributed by atoms with E-state index in [2.05, 4.69) is 15.1 Å². The lowest BCUT2D eigenvalue weighted by Crippen LogP contribution is -2.50. The monoisotopic (exact) mass is 282 g/mol. The molecule has 0 aromatic carbocycles. The Morgan fingerprint density at radius 3 is 2.65 bits per heavy atom. The molecule has 2 unspecified atom stereocenters. The molecule has 3 aliphatic rings. The van der Waals surface area contributed by atoms with Crippen LogP contribution >= 0.6 is 0 Å². The predicted octanol–water partition coefficient (Wildman–Crippen LogP) is -1.00. The fraction of sp³-hybridized carbons (Fsp3) is 0.929. The van der Waals surface area contributed by atoms with Crippen molar-refractivity contribution in [1.29, 1.82) is 0 Å². The van der Waals surface area contributed by atoms with Gasteiger partial charge < -0.3 is 15.8 Å². The van der Waals surface area contributed by atoms with Gasteiger partial charge in [0.2, 0.25) is 5.91 Å². The van der Waals surface area contributed by atoms with Gasteiger partial charge in [0.1, 0.15) is 0 Å². The van der Waals surface area contributed by atoms with Gasteiger partial charge in [0.05, 0.1) is 19.3 Å². The van der Waals surface area contributed by atoms with E-state index in [4.69, 9.17) is 10.5 Å². The van der Waals surface area contributed by atoms with Gasteiger partial charge in [-0.1, -0.05) is 0 Å². The molecular weight excluding hydrogens is 256 g/mol. The van der Waals surface area contributed by atoms with Crippen molar-refractivity contribution in [3.8, 4) is 0 Å². The lowest BCUT2D eigenvalue weighted by Gasteiger charge is -2.32. The summed E-state index contributed by atoms with van der Waals surface area (Å²) < 4.78 is 5.41. The van der Waals surface area contributed by atoms with Crippen molar-refractivity contribution in [2.24, 2.45) is 5.73 Å². The van der Waals surface area contributed by atoms with Gasteiger partial charge in [-0.05, 0) is 25.8 Å². The number of carbonyl (C=O) groups is 1. The summed E-state index contributed by atoms with van der Waals surface area (Å²) in [6.45, 7) is 6.66. The van der Waals surface area contributed by atoms with Crippen molar-refractivity contribution in [1.82, 2.24) is 15.1 Å². The first-order valence-electron chi connectivity index (χ1n) is 7.82. The summed E-state index contributed by atoms with van der Waals surface area (Å²) in [6.07, 6.45) is 3.55. The number of rotatable bonds is 6. The van der Waals surface area contributed by atoms with Crippen LogP contribution in [0.1, 0.15) is 19.3 Å². The first-order valence-corrected chi connectivity index (χ1v) is 7.82. The Bertz CT molecular complexity index is 342. The number of nitrogens with one attached hydrogen (secondary N) is 1. The minimum atomic E-state index is -0.216. The van der Waals surface area contributed by atoms with Crippen molar-refractivity contribution in [3.63, 3.8) is 0 Å². The number of primary amides is 1. The minimum Gasteiger partial charge on any atom is -0.379 e. The first kappa shape index (κ1) is 14.3. The summed E-state index contributed by atoms with van der Waals surface area (Å²) in [4.78, 5) is 16.4. The molecule has 3 N–H and O–H groups in total. The molecule has 1 saturated carbocycles. The molecule has 0 aromatic rings. The summed E-state index contributed by atoms with van der Waals surface area (Å²) in [5, 5.41) is 3.36. The molecule has 2 aliphatic heterocycles. The molecule has 0 bridgehead atoms. The third-order valence-corrected chi connectivity index (χ3v) is 4.61. The Morgan fingerprint density at radius 1 is 1.25 bits per heavy atom. The minimum absolute atomic E-state index is 0.189. The summed E-state index contributed by atoms with van der Waals surface area (Å²) in [5.41, 5.74) is 5.51. The van der Waals surface area contributed by atoms with Crippen LogP contribution in [0, 0.1) is 0 Å². The van der Waals surface area contributed by atoms with Gasteiger partial charge in [-0.25, -0.2) is 0 Å². The van der Waals surface area contributed by atoms with Gasteiger partial charge in [0, 0.05) is 38.3 Å². The number of nitrogens with two attached hydrogens (primary N) is 1. The smallest absolute Gasteiger partial charge is 0.235 e. The van der Waals surface area contributed by atoms with E-state index in [9.17, 15) is 4.79 Å². The maximum Gasteiger partial charge on any atom is 0.235 e. The lowest BCUT2D eigenvalue weighted by molar-refractivity contribution is -0.120. The van der Waals surface area contributed by atoms with Gasteiger partial charge in [0.15, 0.2) is 0 Å². The molecule has 0 spiro atoms. The third-order valence-electron chi connectivity index (χ3n) is 4.61. The molecule has 114 valence electrons. The van der Waals surface area contributed by atoms with E-state index >= 15 is 0 Å². The van der Waals surface area contributed by atoms with Crippen LogP contribution < -0.4 is 11.1 Å². The van der Waals surface area contributed by atoms with Gasteiger partial charge in [-0.15, -0.1) is 0 Å². The van der Waals surface area contributed by atoms with Crippen LogP contribution in [0.15, 0.2) is 0 Å². The number of ether oxygens (including phenoxy) is 1. The van der Waals surface area contributed by atoms with Gasteiger partial charge in [-0.2, -0.15) is 0 Å². The van der Waals surface area contributed by atoms with Gasteiger partial charge in [-0.3, -0.25) is 14.6 Å². The molecule has 20 heavy (non-hydrogen) atoms. The maximum absolute atomic E-state index is 11.5. The third kappa shape index (κ3) is 3.69. The van der Waals surface area contributed by atoms with Crippen LogP contribution in [-0.2, 0) is 9.53 Å². The molecule has 2 heterocycles. The molecule has 2 saturated heterocycles. The quantitative estimate of drug-likeness (QED) is 0.654. The number of nitrogens with zero attached hydrogens (tertiary/aromatic N) is 2. The zero-order chi connectivity index (χ0) is 13.9. The molecule has 2 atom stereocenters. The summed E-state index contributed by atoms with van der Waals surface area (Å²) in [7, 11) is 0. The molecule has 3 fully saturated rings. The molecule has 0 aromatic heterocycles. The SMILES string of the molecule is NC(=O)C(CN1CCC(N2CCOCC2)C1)NC1CC1. The summed E-state index contributed by atoms with van der Waals surface area (Å²) >= 11 is 0. The average Bonchev–Trinajstić information content (AvgIpc) is 3.15. The predicted molar refractivity (Wildman–Crippen MR) is 76.4 cm³/mol. The Hall–Kier alpha value is -0.690. The van der Waals surface area contributed by atoms with E-state index in [1.54, 1.807) is 0 Å². The second-order valence-corrected chi connectivity index (χ2v) is 6.25. The van der Waals surface area contributed by atoms with Gasteiger partial charge in [0.25, 0.3) is 0 Å². The van der Waals surface area contributed by atoms with Crippen LogP contribution in [0.4, 0.5) is 0 Å². The van der Waals surface area contributed by atoms with E-state index in [-0.39, 0.29) is 11.9 Å². The summed E-state index contributed by atoms with van der Waals surface area (Å²) in [5.74, 6) is -0.216. The molecule has 1 amide bonds. The average molecular weight is 282 g/mol. The van der Waals surface area contributed by atoms with Crippen molar-refractivity contribution in [3.05, 3.63) is 0 Å². The van der Waals surface area contributed by atoms with E-state index in [1.165, 1.54) is 19.3 Å². The fourth-order valence-corrected chi connectivity index (χ4v) is 3.24. The normalized spacial score (nSPS) is 30.5. The zero-order valence-electron chi connectivity index (χ0n) is 12.1. The zero-order valence-corrected chi connectivity index (χ0v) is 12.1. The Balaban J connectivity index is 1.46. The Labute approximate surface area is 120 Å². The number of likely N-dealkylation sites (tertiary alicyclic amines) is 1.